The summed E-state index contributed by atoms with van der Waals surface area (Å²) in [5.41, 5.74) is 0.789. The molecule has 1 heterocycles. The quantitative estimate of drug-likeness (QED) is 0.748. The van der Waals surface area contributed by atoms with E-state index in [-0.39, 0.29) is 5.91 Å². The second-order valence-corrected chi connectivity index (χ2v) is 3.17. The number of hydrogen-bond donors (Lipinski definition) is 0. The summed E-state index contributed by atoms with van der Waals surface area (Å²) in [6.07, 6.45) is 3.63. The molecule has 0 aromatic carbocycles. The lowest BCUT2D eigenvalue weighted by molar-refractivity contribution is -0.130. The number of amides is 1. The first kappa shape index (κ1) is 11.2. The van der Waals surface area contributed by atoms with E-state index < -0.39 is 6.04 Å². The van der Waals surface area contributed by atoms with E-state index in [1.54, 1.807) is 38.5 Å². The third-order valence-electron chi connectivity index (χ3n) is 2.23. The predicted octanol–water partition coefficient (Wildman–Crippen LogP) is 1.51. The molecule has 0 aliphatic heterocycles. The van der Waals surface area contributed by atoms with Gasteiger partial charge in [0, 0.05) is 25.9 Å². The number of nitriles is 1. The molecule has 0 saturated heterocycles. The van der Waals surface area contributed by atoms with Crippen molar-refractivity contribution >= 4 is 5.91 Å². The van der Waals surface area contributed by atoms with Crippen molar-refractivity contribution in [2.45, 2.75) is 19.4 Å². The Balaban J connectivity index is 2.91. The third-order valence-corrected chi connectivity index (χ3v) is 2.23. The van der Waals surface area contributed by atoms with Gasteiger partial charge in [0.1, 0.15) is 6.04 Å². The maximum absolute atomic E-state index is 11.4. The molecule has 0 bridgehead atoms. The minimum Gasteiger partial charge on any atom is -0.326 e. The van der Waals surface area contributed by atoms with Crippen molar-refractivity contribution in [1.82, 2.24) is 9.88 Å². The zero-order valence-electron chi connectivity index (χ0n) is 8.84. The van der Waals surface area contributed by atoms with Gasteiger partial charge < -0.3 is 4.90 Å². The molecule has 0 radical (unpaired) electrons. The van der Waals surface area contributed by atoms with E-state index in [0.717, 1.165) is 5.56 Å². The standard InChI is InChI=1S/C11H13N3O/c1-3-11(15)14(2)10(8-12)9-4-6-13-7-5-9/h4-7,10H,3H2,1-2H3. The molecule has 0 aliphatic carbocycles. The molecule has 1 unspecified atom stereocenters. The van der Waals surface area contributed by atoms with Gasteiger partial charge >= 0.3 is 0 Å². The van der Waals surface area contributed by atoms with Crippen LogP contribution in [0.1, 0.15) is 24.9 Å². The summed E-state index contributed by atoms with van der Waals surface area (Å²) in [7, 11) is 1.64. The molecule has 1 amide bonds. The largest absolute Gasteiger partial charge is 0.326 e. The Morgan fingerprint density at radius 2 is 2.20 bits per heavy atom. The topological polar surface area (TPSA) is 57.0 Å². The van der Waals surface area contributed by atoms with Crippen LogP contribution in [0.4, 0.5) is 0 Å². The number of hydrogen-bond acceptors (Lipinski definition) is 3. The molecule has 0 fully saturated rings. The molecule has 1 atom stereocenters. The summed E-state index contributed by atoms with van der Waals surface area (Å²) in [4.78, 5) is 16.8. The zero-order valence-corrected chi connectivity index (χ0v) is 8.84. The number of carbonyl (C=O) groups is 1. The molecule has 78 valence electrons. The molecule has 0 saturated carbocycles. The minimum absolute atomic E-state index is 0.0432. The summed E-state index contributed by atoms with van der Waals surface area (Å²) < 4.78 is 0. The molecule has 0 aliphatic rings. The number of rotatable bonds is 3. The van der Waals surface area contributed by atoms with Gasteiger partial charge in [0.25, 0.3) is 0 Å². The van der Waals surface area contributed by atoms with Crippen LogP contribution in [0.2, 0.25) is 0 Å². The van der Waals surface area contributed by atoms with Crippen LogP contribution < -0.4 is 0 Å². The van der Waals surface area contributed by atoms with Crippen LogP contribution in [0, 0.1) is 11.3 Å². The van der Waals surface area contributed by atoms with Crippen molar-refractivity contribution in [3.63, 3.8) is 0 Å². The highest BCUT2D eigenvalue weighted by Crippen LogP contribution is 2.17. The minimum atomic E-state index is -0.527. The highest BCUT2D eigenvalue weighted by atomic mass is 16.2. The Morgan fingerprint density at radius 1 is 1.60 bits per heavy atom. The van der Waals surface area contributed by atoms with Crippen LogP contribution in [0.15, 0.2) is 24.5 Å². The molecule has 0 spiro atoms. The molecule has 15 heavy (non-hydrogen) atoms. The fourth-order valence-electron chi connectivity index (χ4n) is 1.32. The van der Waals surface area contributed by atoms with Gasteiger partial charge in [-0.3, -0.25) is 9.78 Å². The predicted molar refractivity (Wildman–Crippen MR) is 55.7 cm³/mol. The lowest BCUT2D eigenvalue weighted by atomic mass is 10.1. The molecule has 0 N–H and O–H groups in total. The first-order valence-corrected chi connectivity index (χ1v) is 4.76. The van der Waals surface area contributed by atoms with E-state index in [2.05, 4.69) is 11.1 Å². The van der Waals surface area contributed by atoms with Crippen molar-refractivity contribution in [2.24, 2.45) is 0 Å². The molecule has 1 aromatic heterocycles. The van der Waals surface area contributed by atoms with Crippen LogP contribution in [-0.4, -0.2) is 22.8 Å². The lowest BCUT2D eigenvalue weighted by Crippen LogP contribution is -2.29. The fraction of sp³-hybridized carbons (Fsp3) is 0.364. The second-order valence-electron chi connectivity index (χ2n) is 3.17. The number of pyridine rings is 1. The van der Waals surface area contributed by atoms with Crippen LogP contribution in [0.5, 0.6) is 0 Å². The smallest absolute Gasteiger partial charge is 0.223 e. The summed E-state index contributed by atoms with van der Waals surface area (Å²) in [6, 6.07) is 5.07. The summed E-state index contributed by atoms with van der Waals surface area (Å²) in [6.45, 7) is 1.78. The Kier molecular flexibility index (Phi) is 3.81. The lowest BCUT2D eigenvalue weighted by Gasteiger charge is -2.22. The van der Waals surface area contributed by atoms with E-state index in [9.17, 15) is 4.79 Å². The van der Waals surface area contributed by atoms with Crippen molar-refractivity contribution < 1.29 is 4.79 Å². The van der Waals surface area contributed by atoms with E-state index in [0.29, 0.717) is 6.42 Å². The van der Waals surface area contributed by atoms with E-state index in [4.69, 9.17) is 5.26 Å². The first-order chi connectivity index (χ1) is 7.20. The van der Waals surface area contributed by atoms with Crippen molar-refractivity contribution in [3.05, 3.63) is 30.1 Å². The molecule has 1 rings (SSSR count). The van der Waals surface area contributed by atoms with Gasteiger partial charge in [0.15, 0.2) is 0 Å². The van der Waals surface area contributed by atoms with Crippen molar-refractivity contribution in [1.29, 1.82) is 5.26 Å². The highest BCUT2D eigenvalue weighted by molar-refractivity contribution is 5.76. The average Bonchev–Trinajstić information content (AvgIpc) is 2.30. The van der Waals surface area contributed by atoms with Crippen LogP contribution in [0.25, 0.3) is 0 Å². The van der Waals surface area contributed by atoms with Gasteiger partial charge in [-0.05, 0) is 17.7 Å². The van der Waals surface area contributed by atoms with Gasteiger partial charge in [0.05, 0.1) is 6.07 Å². The van der Waals surface area contributed by atoms with Gasteiger partial charge in [-0.1, -0.05) is 6.92 Å². The van der Waals surface area contributed by atoms with E-state index in [1.165, 1.54) is 4.90 Å². The monoisotopic (exact) mass is 203 g/mol. The third kappa shape index (κ3) is 2.53. The molecular formula is C11H13N3O. The van der Waals surface area contributed by atoms with Gasteiger partial charge in [-0.25, -0.2) is 0 Å². The van der Waals surface area contributed by atoms with Crippen LogP contribution in [-0.2, 0) is 4.79 Å². The summed E-state index contributed by atoms with van der Waals surface area (Å²) in [5.74, 6) is -0.0432. The molecule has 4 heteroatoms. The molecular weight excluding hydrogens is 190 g/mol. The first-order valence-electron chi connectivity index (χ1n) is 4.76. The Hall–Kier alpha value is -1.89. The summed E-state index contributed by atoms with van der Waals surface area (Å²) >= 11 is 0. The van der Waals surface area contributed by atoms with E-state index in [1.807, 2.05) is 0 Å². The van der Waals surface area contributed by atoms with Crippen molar-refractivity contribution in [2.75, 3.05) is 7.05 Å². The zero-order chi connectivity index (χ0) is 11.3. The fourth-order valence-corrected chi connectivity index (χ4v) is 1.32. The maximum atomic E-state index is 11.4. The second kappa shape index (κ2) is 5.11. The normalized spacial score (nSPS) is 11.5. The number of carbonyl (C=O) groups excluding carboxylic acids is 1. The number of nitrogens with zero attached hydrogens (tertiary/aromatic N) is 3. The van der Waals surface area contributed by atoms with Gasteiger partial charge in [-0.2, -0.15) is 5.26 Å². The SMILES string of the molecule is CCC(=O)N(C)C(C#N)c1ccncc1. The van der Waals surface area contributed by atoms with Gasteiger partial charge in [-0.15, -0.1) is 0 Å². The van der Waals surface area contributed by atoms with Gasteiger partial charge in [0.2, 0.25) is 5.91 Å². The molecule has 4 nitrogen and oxygen atoms in total. The maximum Gasteiger partial charge on any atom is 0.223 e. The van der Waals surface area contributed by atoms with Crippen LogP contribution >= 0.6 is 0 Å². The Morgan fingerprint density at radius 3 is 2.67 bits per heavy atom. The van der Waals surface area contributed by atoms with Crippen molar-refractivity contribution in [3.8, 4) is 6.07 Å². The highest BCUT2D eigenvalue weighted by Gasteiger charge is 2.19. The molecule has 1 aromatic rings. The van der Waals surface area contributed by atoms with Crippen LogP contribution in [0.3, 0.4) is 0 Å². The average molecular weight is 203 g/mol. The number of aromatic nitrogens is 1. The van der Waals surface area contributed by atoms with E-state index >= 15 is 0 Å². The Labute approximate surface area is 89.2 Å². The summed E-state index contributed by atoms with van der Waals surface area (Å²) in [5, 5.41) is 9.03. The Bertz CT molecular complexity index is 369.